The standard InChI is InChI=1S/C6H7ClOS/c1-4-6(7)2-5(3-8)9-4/h2,8H,3H2,1H3. The van der Waals surface area contributed by atoms with E-state index in [9.17, 15) is 0 Å². The number of aliphatic hydroxyl groups excluding tert-OH is 1. The van der Waals surface area contributed by atoms with Crippen molar-refractivity contribution in [2.45, 2.75) is 13.5 Å². The van der Waals surface area contributed by atoms with Crippen molar-refractivity contribution in [2.24, 2.45) is 0 Å². The average Bonchev–Trinajstić information content (AvgIpc) is 2.13. The normalized spacial score (nSPS) is 10.1. The highest BCUT2D eigenvalue weighted by molar-refractivity contribution is 7.12. The molecule has 3 heteroatoms. The van der Waals surface area contributed by atoms with Gasteiger partial charge in [-0.2, -0.15) is 0 Å². The fraction of sp³-hybridized carbons (Fsp3) is 0.333. The fourth-order valence-electron chi connectivity index (χ4n) is 0.596. The summed E-state index contributed by atoms with van der Waals surface area (Å²) in [4.78, 5) is 2.00. The Bertz CT molecular complexity index is 187. The first kappa shape index (κ1) is 7.06. The summed E-state index contributed by atoms with van der Waals surface area (Å²) >= 11 is 7.24. The minimum atomic E-state index is 0.0955. The summed E-state index contributed by atoms with van der Waals surface area (Å²) in [6.07, 6.45) is 0. The van der Waals surface area contributed by atoms with Gasteiger partial charge in [0.25, 0.3) is 0 Å². The maximum atomic E-state index is 8.63. The van der Waals surface area contributed by atoms with E-state index in [0.29, 0.717) is 0 Å². The lowest BCUT2D eigenvalue weighted by molar-refractivity contribution is 0.285. The maximum absolute atomic E-state index is 8.63. The number of hydrogen-bond donors (Lipinski definition) is 1. The topological polar surface area (TPSA) is 20.2 Å². The van der Waals surface area contributed by atoms with Crippen molar-refractivity contribution in [3.05, 3.63) is 20.8 Å². The zero-order valence-electron chi connectivity index (χ0n) is 5.02. The van der Waals surface area contributed by atoms with Crippen LogP contribution in [0.1, 0.15) is 9.75 Å². The molecule has 0 aromatic carbocycles. The molecule has 0 saturated heterocycles. The van der Waals surface area contributed by atoms with E-state index in [1.165, 1.54) is 11.3 Å². The van der Waals surface area contributed by atoms with E-state index >= 15 is 0 Å². The van der Waals surface area contributed by atoms with E-state index in [1.807, 2.05) is 6.92 Å². The summed E-state index contributed by atoms with van der Waals surface area (Å²) in [7, 11) is 0. The fourth-order valence-corrected chi connectivity index (χ4v) is 1.70. The second-order valence-electron chi connectivity index (χ2n) is 1.77. The van der Waals surface area contributed by atoms with Crippen molar-refractivity contribution in [3.8, 4) is 0 Å². The van der Waals surface area contributed by atoms with Gasteiger partial charge in [-0.3, -0.25) is 0 Å². The third kappa shape index (κ3) is 1.45. The van der Waals surface area contributed by atoms with Crippen molar-refractivity contribution in [1.29, 1.82) is 0 Å². The summed E-state index contributed by atoms with van der Waals surface area (Å²) in [5.74, 6) is 0. The molecule has 0 spiro atoms. The van der Waals surface area contributed by atoms with E-state index < -0.39 is 0 Å². The molecule has 9 heavy (non-hydrogen) atoms. The highest BCUT2D eigenvalue weighted by Crippen LogP contribution is 2.25. The predicted molar refractivity (Wildman–Crippen MR) is 40.0 cm³/mol. The Morgan fingerprint density at radius 3 is 2.67 bits per heavy atom. The van der Waals surface area contributed by atoms with Crippen molar-refractivity contribution < 1.29 is 5.11 Å². The minimum absolute atomic E-state index is 0.0955. The van der Waals surface area contributed by atoms with Crippen LogP contribution in [0, 0.1) is 6.92 Å². The first-order valence-electron chi connectivity index (χ1n) is 2.59. The van der Waals surface area contributed by atoms with Crippen molar-refractivity contribution in [1.82, 2.24) is 0 Å². The van der Waals surface area contributed by atoms with Gasteiger partial charge < -0.3 is 5.11 Å². The molecule has 0 saturated carbocycles. The van der Waals surface area contributed by atoms with Crippen LogP contribution in [0.25, 0.3) is 0 Å². The lowest BCUT2D eigenvalue weighted by Crippen LogP contribution is -1.70. The van der Waals surface area contributed by atoms with Gasteiger partial charge in [-0.25, -0.2) is 0 Å². The third-order valence-electron chi connectivity index (χ3n) is 1.06. The highest BCUT2D eigenvalue weighted by Gasteiger charge is 1.99. The molecule has 1 nitrogen and oxygen atoms in total. The van der Waals surface area contributed by atoms with Crippen LogP contribution in [0.3, 0.4) is 0 Å². The van der Waals surface area contributed by atoms with Gasteiger partial charge in [0.15, 0.2) is 0 Å². The molecule has 1 rings (SSSR count). The lowest BCUT2D eigenvalue weighted by Gasteiger charge is -1.80. The van der Waals surface area contributed by atoms with Gasteiger partial charge >= 0.3 is 0 Å². The Kier molecular flexibility index (Phi) is 2.11. The van der Waals surface area contributed by atoms with Crippen molar-refractivity contribution in [2.75, 3.05) is 0 Å². The van der Waals surface area contributed by atoms with Crippen LogP contribution in [0.4, 0.5) is 0 Å². The molecule has 0 unspecified atom stereocenters. The van der Waals surface area contributed by atoms with Crippen LogP contribution >= 0.6 is 22.9 Å². The van der Waals surface area contributed by atoms with Gasteiger partial charge in [0.1, 0.15) is 0 Å². The van der Waals surface area contributed by atoms with Crippen LogP contribution in [-0.2, 0) is 6.61 Å². The smallest absolute Gasteiger partial charge is 0.0775 e. The van der Waals surface area contributed by atoms with Crippen LogP contribution in [0.2, 0.25) is 5.02 Å². The van der Waals surface area contributed by atoms with Crippen LogP contribution in [0.15, 0.2) is 6.07 Å². The molecule has 1 heterocycles. The largest absolute Gasteiger partial charge is 0.391 e. The maximum Gasteiger partial charge on any atom is 0.0775 e. The van der Waals surface area contributed by atoms with Crippen LogP contribution in [0.5, 0.6) is 0 Å². The van der Waals surface area contributed by atoms with Gasteiger partial charge in [-0.05, 0) is 13.0 Å². The van der Waals surface area contributed by atoms with Crippen molar-refractivity contribution in [3.63, 3.8) is 0 Å². The van der Waals surface area contributed by atoms with Crippen molar-refractivity contribution >= 4 is 22.9 Å². The molecule has 1 N–H and O–H groups in total. The second-order valence-corrected chi connectivity index (χ2v) is 3.52. The van der Waals surface area contributed by atoms with E-state index in [-0.39, 0.29) is 6.61 Å². The number of hydrogen-bond acceptors (Lipinski definition) is 2. The summed E-state index contributed by atoms with van der Waals surface area (Å²) in [6, 6.07) is 1.79. The summed E-state index contributed by atoms with van der Waals surface area (Å²) in [5, 5.41) is 9.38. The second kappa shape index (κ2) is 2.69. The molecular formula is C6H7ClOS. The number of thiophene rings is 1. The van der Waals surface area contributed by atoms with E-state index in [0.717, 1.165) is 14.8 Å². The summed E-state index contributed by atoms with van der Waals surface area (Å²) in [5.41, 5.74) is 0. The van der Waals surface area contributed by atoms with Crippen LogP contribution < -0.4 is 0 Å². The van der Waals surface area contributed by atoms with E-state index in [4.69, 9.17) is 16.7 Å². The monoisotopic (exact) mass is 162 g/mol. The molecule has 1 aromatic heterocycles. The summed E-state index contributed by atoms with van der Waals surface area (Å²) in [6.45, 7) is 2.03. The SMILES string of the molecule is Cc1sc(CO)cc1Cl. The Morgan fingerprint density at radius 2 is 2.44 bits per heavy atom. The Morgan fingerprint density at radius 1 is 1.78 bits per heavy atom. The quantitative estimate of drug-likeness (QED) is 0.672. The zero-order valence-corrected chi connectivity index (χ0v) is 6.59. The first-order chi connectivity index (χ1) is 4.24. The van der Waals surface area contributed by atoms with Gasteiger partial charge in [-0.15, -0.1) is 11.3 Å². The Hall–Kier alpha value is -0.0500. The zero-order chi connectivity index (χ0) is 6.85. The molecule has 50 valence electrons. The number of aryl methyl sites for hydroxylation is 1. The van der Waals surface area contributed by atoms with Gasteiger partial charge in [-0.1, -0.05) is 11.6 Å². The molecule has 0 amide bonds. The van der Waals surface area contributed by atoms with E-state index in [2.05, 4.69) is 0 Å². The highest BCUT2D eigenvalue weighted by atomic mass is 35.5. The number of aliphatic hydroxyl groups is 1. The molecule has 0 bridgehead atoms. The third-order valence-corrected chi connectivity index (χ3v) is 2.60. The Labute approximate surface area is 62.9 Å². The molecule has 0 radical (unpaired) electrons. The number of rotatable bonds is 1. The molecular weight excluding hydrogens is 156 g/mol. The Balaban J connectivity index is 2.98. The first-order valence-corrected chi connectivity index (χ1v) is 3.79. The van der Waals surface area contributed by atoms with Gasteiger partial charge in [0.05, 0.1) is 11.6 Å². The summed E-state index contributed by atoms with van der Waals surface area (Å²) < 4.78 is 0. The molecule has 1 aromatic rings. The molecule has 0 fully saturated rings. The molecule has 0 aliphatic carbocycles. The molecule has 0 aliphatic rings. The minimum Gasteiger partial charge on any atom is -0.391 e. The van der Waals surface area contributed by atoms with Crippen LogP contribution in [-0.4, -0.2) is 5.11 Å². The predicted octanol–water partition coefficient (Wildman–Crippen LogP) is 2.20. The van der Waals surface area contributed by atoms with Gasteiger partial charge in [0, 0.05) is 9.75 Å². The molecule has 0 aliphatic heterocycles. The van der Waals surface area contributed by atoms with E-state index in [1.54, 1.807) is 6.07 Å². The average molecular weight is 163 g/mol. The van der Waals surface area contributed by atoms with Gasteiger partial charge in [0.2, 0.25) is 0 Å². The lowest BCUT2D eigenvalue weighted by atomic mass is 10.4. The number of halogens is 1. The molecule has 0 atom stereocenters.